The normalized spacial score (nSPS) is 17.4. The van der Waals surface area contributed by atoms with Gasteiger partial charge in [-0.3, -0.25) is 4.79 Å². The fourth-order valence-electron chi connectivity index (χ4n) is 3.39. The smallest absolute Gasteiger partial charge is 0.227 e. The van der Waals surface area contributed by atoms with Crippen molar-refractivity contribution >= 4 is 15.7 Å². The van der Waals surface area contributed by atoms with E-state index in [0.29, 0.717) is 12.1 Å². The van der Waals surface area contributed by atoms with Crippen LogP contribution in [0.3, 0.4) is 0 Å². The first kappa shape index (κ1) is 16.7. The van der Waals surface area contributed by atoms with Crippen molar-refractivity contribution in [2.45, 2.75) is 30.7 Å². The van der Waals surface area contributed by atoms with Crippen LogP contribution in [-0.2, 0) is 27.5 Å². The summed E-state index contributed by atoms with van der Waals surface area (Å²) in [6.07, 6.45) is 2.12. The molecule has 0 saturated carbocycles. The number of hydrogen-bond acceptors (Lipinski definition) is 3. The van der Waals surface area contributed by atoms with Crippen molar-refractivity contribution in [1.82, 2.24) is 4.90 Å². The predicted octanol–water partition coefficient (Wildman–Crippen LogP) is 2.78. The number of hydrogen-bond donors (Lipinski definition) is 0. The van der Waals surface area contributed by atoms with Gasteiger partial charge in [-0.1, -0.05) is 42.5 Å². The van der Waals surface area contributed by atoms with E-state index in [0.717, 1.165) is 6.42 Å². The molecule has 1 aliphatic heterocycles. The van der Waals surface area contributed by atoms with Gasteiger partial charge in [-0.05, 0) is 36.1 Å². The molecule has 0 fully saturated rings. The van der Waals surface area contributed by atoms with Gasteiger partial charge < -0.3 is 4.90 Å². The molecule has 3 rings (SSSR count). The largest absolute Gasteiger partial charge is 0.335 e. The second-order valence-corrected chi connectivity index (χ2v) is 8.25. The van der Waals surface area contributed by atoms with Crippen LogP contribution in [0.15, 0.2) is 53.4 Å². The number of rotatable bonds is 3. The Hall–Kier alpha value is -2.14. The third-order valence-electron chi connectivity index (χ3n) is 4.63. The van der Waals surface area contributed by atoms with Gasteiger partial charge in [-0.15, -0.1) is 0 Å². The molecule has 1 amide bonds. The molecule has 1 heterocycles. The third kappa shape index (κ3) is 3.22. The minimum atomic E-state index is -3.34. The summed E-state index contributed by atoms with van der Waals surface area (Å²) < 4.78 is 23.8. The van der Waals surface area contributed by atoms with Crippen LogP contribution in [0.5, 0.6) is 0 Å². The van der Waals surface area contributed by atoms with Crippen LogP contribution >= 0.6 is 0 Å². The molecular weight excluding hydrogens is 322 g/mol. The number of nitrogens with zero attached hydrogens (tertiary/aromatic N) is 1. The quantitative estimate of drug-likeness (QED) is 0.861. The van der Waals surface area contributed by atoms with Gasteiger partial charge in [0, 0.05) is 12.8 Å². The molecule has 1 aliphatic rings. The molecule has 0 aliphatic carbocycles. The number of sulfone groups is 1. The molecule has 2 aromatic rings. The van der Waals surface area contributed by atoms with E-state index in [1.165, 1.54) is 17.4 Å². The summed E-state index contributed by atoms with van der Waals surface area (Å²) in [5.74, 6) is -0.0342. The monoisotopic (exact) mass is 343 g/mol. The van der Waals surface area contributed by atoms with Gasteiger partial charge in [0.25, 0.3) is 0 Å². The van der Waals surface area contributed by atoms with Crippen LogP contribution in [0.1, 0.15) is 29.7 Å². The van der Waals surface area contributed by atoms with Gasteiger partial charge in [0.15, 0.2) is 9.84 Å². The van der Waals surface area contributed by atoms with Gasteiger partial charge in [0.05, 0.1) is 17.4 Å². The van der Waals surface area contributed by atoms with Gasteiger partial charge in [0.1, 0.15) is 0 Å². The van der Waals surface area contributed by atoms with Gasteiger partial charge in [0.2, 0.25) is 5.91 Å². The molecule has 4 nitrogen and oxygen atoms in total. The maximum Gasteiger partial charge on any atom is 0.227 e. The van der Waals surface area contributed by atoms with Crippen molar-refractivity contribution in [2.24, 2.45) is 0 Å². The van der Waals surface area contributed by atoms with Gasteiger partial charge in [-0.2, -0.15) is 0 Å². The molecule has 0 saturated heterocycles. The average molecular weight is 343 g/mol. The second kappa shape index (κ2) is 6.40. The number of amides is 1. The number of carbonyl (C=O) groups is 1. The average Bonchev–Trinajstić information content (AvgIpc) is 2.55. The van der Waals surface area contributed by atoms with E-state index in [9.17, 15) is 13.2 Å². The first-order chi connectivity index (χ1) is 11.4. The van der Waals surface area contributed by atoms with Gasteiger partial charge in [-0.25, -0.2) is 8.42 Å². The Bertz CT molecular complexity index is 874. The van der Waals surface area contributed by atoms with Crippen LogP contribution in [0, 0.1) is 0 Å². The highest BCUT2D eigenvalue weighted by Gasteiger charge is 2.28. The second-order valence-electron chi connectivity index (χ2n) is 6.27. The Kier molecular flexibility index (Phi) is 4.45. The lowest BCUT2D eigenvalue weighted by Gasteiger charge is -2.35. The van der Waals surface area contributed by atoms with E-state index < -0.39 is 9.84 Å². The minimum Gasteiger partial charge on any atom is -0.335 e. The lowest BCUT2D eigenvalue weighted by molar-refractivity contribution is -0.133. The van der Waals surface area contributed by atoms with Crippen LogP contribution in [0.25, 0.3) is 0 Å². The topological polar surface area (TPSA) is 54.5 Å². The molecule has 126 valence electrons. The molecule has 0 bridgehead atoms. The molecular formula is C19H21NO3S. The molecule has 1 unspecified atom stereocenters. The summed E-state index contributed by atoms with van der Waals surface area (Å²) >= 11 is 0. The molecule has 24 heavy (non-hydrogen) atoms. The Balaban J connectivity index is 1.85. The highest BCUT2D eigenvalue weighted by molar-refractivity contribution is 7.90. The van der Waals surface area contributed by atoms with Crippen LogP contribution in [0.2, 0.25) is 0 Å². The fraction of sp³-hybridized carbons (Fsp3) is 0.316. The standard InChI is InChI=1S/C19H21NO3S/c1-14-17-9-5-3-7-15(17)11-12-20(14)19(21)13-16-8-4-6-10-18(16)24(2,22)23/h3-10,14H,11-13H2,1-2H3. The fourth-order valence-corrected chi connectivity index (χ4v) is 4.33. The molecule has 1 atom stereocenters. The lowest BCUT2D eigenvalue weighted by atomic mass is 9.93. The first-order valence-electron chi connectivity index (χ1n) is 8.03. The van der Waals surface area contributed by atoms with Crippen LogP contribution in [0.4, 0.5) is 0 Å². The number of benzene rings is 2. The highest BCUT2D eigenvalue weighted by atomic mass is 32.2. The Labute approximate surface area is 143 Å². The van der Waals surface area contributed by atoms with Crippen molar-refractivity contribution in [1.29, 1.82) is 0 Å². The molecule has 0 N–H and O–H groups in total. The number of carbonyl (C=O) groups excluding carboxylic acids is 1. The van der Waals surface area contributed by atoms with E-state index in [4.69, 9.17) is 0 Å². The van der Waals surface area contributed by atoms with Gasteiger partial charge >= 0.3 is 0 Å². The Morgan fingerprint density at radius 3 is 2.54 bits per heavy atom. The molecule has 0 radical (unpaired) electrons. The molecule has 0 spiro atoms. The molecule has 0 aromatic heterocycles. The summed E-state index contributed by atoms with van der Waals surface area (Å²) in [5.41, 5.74) is 3.02. The van der Waals surface area contributed by atoms with Crippen molar-refractivity contribution in [3.63, 3.8) is 0 Å². The van der Waals surface area contributed by atoms with Crippen molar-refractivity contribution < 1.29 is 13.2 Å². The van der Waals surface area contributed by atoms with E-state index in [-0.39, 0.29) is 23.3 Å². The minimum absolute atomic E-state index is 0.00726. The van der Waals surface area contributed by atoms with Crippen LogP contribution in [-0.4, -0.2) is 32.0 Å². The summed E-state index contributed by atoms with van der Waals surface area (Å²) in [5, 5.41) is 0. The molecule has 2 aromatic carbocycles. The third-order valence-corrected chi connectivity index (χ3v) is 5.83. The summed E-state index contributed by atoms with van der Waals surface area (Å²) in [4.78, 5) is 14.9. The van der Waals surface area contributed by atoms with E-state index in [1.54, 1.807) is 24.3 Å². The lowest BCUT2D eigenvalue weighted by Crippen LogP contribution is -2.39. The zero-order chi connectivity index (χ0) is 17.3. The Morgan fingerprint density at radius 2 is 1.79 bits per heavy atom. The first-order valence-corrected chi connectivity index (χ1v) is 9.92. The van der Waals surface area contributed by atoms with Crippen molar-refractivity contribution in [2.75, 3.05) is 12.8 Å². The number of fused-ring (bicyclic) bond motifs is 1. The van der Waals surface area contributed by atoms with E-state index in [1.807, 2.05) is 24.0 Å². The van der Waals surface area contributed by atoms with E-state index >= 15 is 0 Å². The Morgan fingerprint density at radius 1 is 1.12 bits per heavy atom. The predicted molar refractivity (Wildman–Crippen MR) is 93.5 cm³/mol. The van der Waals surface area contributed by atoms with Crippen molar-refractivity contribution in [3.05, 3.63) is 65.2 Å². The summed E-state index contributed by atoms with van der Waals surface area (Å²) in [6.45, 7) is 2.69. The maximum absolute atomic E-state index is 12.8. The van der Waals surface area contributed by atoms with E-state index in [2.05, 4.69) is 12.1 Å². The maximum atomic E-state index is 12.8. The SMILES string of the molecule is CC1c2ccccc2CCN1C(=O)Cc1ccccc1S(C)(=O)=O. The van der Waals surface area contributed by atoms with Crippen molar-refractivity contribution in [3.8, 4) is 0 Å². The zero-order valence-corrected chi connectivity index (χ0v) is 14.7. The molecule has 5 heteroatoms. The summed E-state index contributed by atoms with van der Waals surface area (Å²) in [7, 11) is -3.34. The van der Waals surface area contributed by atoms with Crippen LogP contribution < -0.4 is 0 Å². The summed E-state index contributed by atoms with van der Waals surface area (Å²) in [6, 6.07) is 14.9. The zero-order valence-electron chi connectivity index (χ0n) is 13.9. The highest BCUT2D eigenvalue weighted by Crippen LogP contribution is 2.30.